The third-order valence-corrected chi connectivity index (χ3v) is 6.65. The molecule has 0 spiro atoms. The van der Waals surface area contributed by atoms with Crippen LogP contribution in [-0.4, -0.2) is 39.5 Å². The van der Waals surface area contributed by atoms with Crippen molar-refractivity contribution in [1.82, 2.24) is 4.31 Å². The van der Waals surface area contributed by atoms with E-state index in [9.17, 15) is 8.42 Å². The number of benzene rings is 2. The number of piperidine rings is 1. The van der Waals surface area contributed by atoms with Gasteiger partial charge in [-0.05, 0) is 30.5 Å². The molecule has 0 amide bonds. The molecule has 1 aliphatic heterocycles. The van der Waals surface area contributed by atoms with Gasteiger partial charge in [-0.1, -0.05) is 30.3 Å². The average molecular weight is 401 g/mol. The molecule has 6 nitrogen and oxygen atoms in total. The van der Waals surface area contributed by atoms with Gasteiger partial charge in [-0.25, -0.2) is 12.7 Å². The Labute approximate surface area is 166 Å². The van der Waals surface area contributed by atoms with E-state index in [1.165, 1.54) is 7.11 Å². The molecule has 1 atom stereocenters. The second-order valence-electron chi connectivity index (χ2n) is 6.90. The van der Waals surface area contributed by atoms with E-state index < -0.39 is 10.0 Å². The molecule has 3 rings (SSSR count). The Kier molecular flexibility index (Phi) is 6.55. The van der Waals surface area contributed by atoms with Gasteiger partial charge in [0.25, 0.3) is 0 Å². The number of rotatable bonds is 7. The molecule has 1 fully saturated rings. The zero-order chi connectivity index (χ0) is 20.0. The van der Waals surface area contributed by atoms with Crippen molar-refractivity contribution in [2.45, 2.75) is 18.6 Å². The van der Waals surface area contributed by atoms with Gasteiger partial charge >= 0.3 is 0 Å². The van der Waals surface area contributed by atoms with Crippen molar-refractivity contribution in [2.24, 2.45) is 5.92 Å². The first kappa shape index (κ1) is 20.2. The number of nitriles is 1. The van der Waals surface area contributed by atoms with Gasteiger partial charge < -0.3 is 9.47 Å². The van der Waals surface area contributed by atoms with Crippen LogP contribution in [0.2, 0.25) is 0 Å². The molecule has 0 bridgehead atoms. The summed E-state index contributed by atoms with van der Waals surface area (Å²) in [7, 11) is -1.83. The van der Waals surface area contributed by atoms with Crippen LogP contribution in [0, 0.1) is 17.2 Å². The molecule has 7 heteroatoms. The van der Waals surface area contributed by atoms with Gasteiger partial charge in [0, 0.05) is 25.1 Å². The van der Waals surface area contributed by atoms with Crippen LogP contribution in [0.25, 0.3) is 0 Å². The molecule has 0 saturated carbocycles. The minimum absolute atomic E-state index is 0.0187. The quantitative estimate of drug-likeness (QED) is 0.713. The van der Waals surface area contributed by atoms with Gasteiger partial charge in [-0.15, -0.1) is 0 Å². The molecule has 2 aromatic rings. The second kappa shape index (κ2) is 9.09. The normalized spacial score (nSPS) is 17.6. The molecule has 1 unspecified atom stereocenters. The summed E-state index contributed by atoms with van der Waals surface area (Å²) in [5, 5.41) is 8.98. The van der Waals surface area contributed by atoms with E-state index in [1.807, 2.05) is 30.3 Å². The third-order valence-electron chi connectivity index (χ3n) is 4.83. The highest BCUT2D eigenvalue weighted by molar-refractivity contribution is 7.88. The van der Waals surface area contributed by atoms with E-state index >= 15 is 0 Å². The van der Waals surface area contributed by atoms with E-state index in [2.05, 4.69) is 6.07 Å². The number of hydrogen-bond acceptors (Lipinski definition) is 5. The molecule has 1 aliphatic rings. The summed E-state index contributed by atoms with van der Waals surface area (Å²) < 4.78 is 38.3. The molecule has 0 aromatic heterocycles. The summed E-state index contributed by atoms with van der Waals surface area (Å²) in [6, 6.07) is 16.3. The van der Waals surface area contributed by atoms with Gasteiger partial charge in [0.1, 0.15) is 0 Å². The van der Waals surface area contributed by atoms with E-state index in [1.54, 1.807) is 22.5 Å². The lowest BCUT2D eigenvalue weighted by molar-refractivity contribution is 0.176. The lowest BCUT2D eigenvalue weighted by atomic mass is 10.0. The van der Waals surface area contributed by atoms with Crippen molar-refractivity contribution in [3.63, 3.8) is 0 Å². The topological polar surface area (TPSA) is 79.6 Å². The van der Waals surface area contributed by atoms with E-state index in [0.29, 0.717) is 36.8 Å². The molecule has 1 heterocycles. The summed E-state index contributed by atoms with van der Waals surface area (Å²) in [6.45, 7) is 1.40. The average Bonchev–Trinajstić information content (AvgIpc) is 2.72. The molecule has 2 aromatic carbocycles. The van der Waals surface area contributed by atoms with E-state index in [4.69, 9.17) is 14.7 Å². The zero-order valence-electron chi connectivity index (χ0n) is 15.9. The Bertz CT molecular complexity index is 939. The SMILES string of the molecule is COc1cc(C#N)ccc1OCC1CCCN(S(=O)(=O)Cc2ccccc2)C1. The van der Waals surface area contributed by atoms with Crippen molar-refractivity contribution < 1.29 is 17.9 Å². The van der Waals surface area contributed by atoms with Gasteiger partial charge in [0.05, 0.1) is 31.1 Å². The van der Waals surface area contributed by atoms with Crippen molar-refractivity contribution in [3.8, 4) is 17.6 Å². The highest BCUT2D eigenvalue weighted by Crippen LogP contribution is 2.29. The first-order chi connectivity index (χ1) is 13.5. The van der Waals surface area contributed by atoms with Gasteiger partial charge in [0.2, 0.25) is 10.0 Å². The van der Waals surface area contributed by atoms with Crippen molar-refractivity contribution >= 4 is 10.0 Å². The van der Waals surface area contributed by atoms with Crippen LogP contribution in [-0.2, 0) is 15.8 Å². The first-order valence-electron chi connectivity index (χ1n) is 9.24. The zero-order valence-corrected chi connectivity index (χ0v) is 16.7. The van der Waals surface area contributed by atoms with Crippen LogP contribution in [0.15, 0.2) is 48.5 Å². The molecule has 28 heavy (non-hydrogen) atoms. The fourth-order valence-corrected chi connectivity index (χ4v) is 5.00. The van der Waals surface area contributed by atoms with Crippen LogP contribution >= 0.6 is 0 Å². The Morgan fingerprint density at radius 3 is 2.68 bits per heavy atom. The summed E-state index contributed by atoms with van der Waals surface area (Å²) in [4.78, 5) is 0. The number of hydrogen-bond donors (Lipinski definition) is 0. The predicted octanol–water partition coefficient (Wildman–Crippen LogP) is 3.19. The van der Waals surface area contributed by atoms with Crippen molar-refractivity contribution in [3.05, 3.63) is 59.7 Å². The second-order valence-corrected chi connectivity index (χ2v) is 8.87. The minimum Gasteiger partial charge on any atom is -0.493 e. The number of methoxy groups -OCH3 is 1. The maximum Gasteiger partial charge on any atom is 0.218 e. The molecular weight excluding hydrogens is 376 g/mol. The van der Waals surface area contributed by atoms with E-state index in [-0.39, 0.29) is 11.7 Å². The first-order valence-corrected chi connectivity index (χ1v) is 10.9. The molecule has 1 saturated heterocycles. The number of nitrogens with zero attached hydrogens (tertiary/aromatic N) is 2. The van der Waals surface area contributed by atoms with Crippen molar-refractivity contribution in [1.29, 1.82) is 5.26 Å². The smallest absolute Gasteiger partial charge is 0.218 e. The van der Waals surface area contributed by atoms with Crippen LogP contribution in [0.5, 0.6) is 11.5 Å². The molecular formula is C21H24N2O4S. The summed E-state index contributed by atoms with van der Waals surface area (Å²) in [5.74, 6) is 1.19. The van der Waals surface area contributed by atoms with Crippen LogP contribution in [0.3, 0.4) is 0 Å². The molecule has 148 valence electrons. The molecule has 0 radical (unpaired) electrons. The number of ether oxygens (including phenoxy) is 2. The summed E-state index contributed by atoms with van der Waals surface area (Å²) >= 11 is 0. The maximum absolute atomic E-state index is 12.8. The Hall–Kier alpha value is -2.56. The predicted molar refractivity (Wildman–Crippen MR) is 107 cm³/mol. The fraction of sp³-hybridized carbons (Fsp3) is 0.381. The monoisotopic (exact) mass is 400 g/mol. The molecule has 0 N–H and O–H groups in total. The third kappa shape index (κ3) is 5.03. The molecule has 0 aliphatic carbocycles. The minimum atomic E-state index is -3.36. The van der Waals surface area contributed by atoms with Gasteiger partial charge in [-0.3, -0.25) is 0 Å². The fourth-order valence-electron chi connectivity index (χ4n) is 3.36. The lowest BCUT2D eigenvalue weighted by Gasteiger charge is -2.32. The number of sulfonamides is 1. The van der Waals surface area contributed by atoms with Crippen LogP contribution in [0.1, 0.15) is 24.0 Å². The Morgan fingerprint density at radius 2 is 1.96 bits per heavy atom. The highest BCUT2D eigenvalue weighted by atomic mass is 32.2. The summed E-state index contributed by atoms with van der Waals surface area (Å²) in [6.07, 6.45) is 1.72. The lowest BCUT2D eigenvalue weighted by Crippen LogP contribution is -2.42. The van der Waals surface area contributed by atoms with Crippen LogP contribution in [0.4, 0.5) is 0 Å². The van der Waals surface area contributed by atoms with Gasteiger partial charge in [0.15, 0.2) is 11.5 Å². The maximum atomic E-state index is 12.8. The standard InChI is InChI=1S/C21H24N2O4S/c1-26-21-12-18(13-22)9-10-20(21)27-15-19-8-5-11-23(14-19)28(24,25)16-17-6-3-2-4-7-17/h2-4,6-7,9-10,12,19H,5,8,11,14-16H2,1H3. The summed E-state index contributed by atoms with van der Waals surface area (Å²) in [5.41, 5.74) is 1.29. The Morgan fingerprint density at radius 1 is 1.18 bits per heavy atom. The van der Waals surface area contributed by atoms with Crippen LogP contribution < -0.4 is 9.47 Å². The van der Waals surface area contributed by atoms with E-state index in [0.717, 1.165) is 18.4 Å². The highest BCUT2D eigenvalue weighted by Gasteiger charge is 2.29. The van der Waals surface area contributed by atoms with Gasteiger partial charge in [-0.2, -0.15) is 5.26 Å². The largest absolute Gasteiger partial charge is 0.493 e. The van der Waals surface area contributed by atoms with Crippen molar-refractivity contribution in [2.75, 3.05) is 26.8 Å². The Balaban J connectivity index is 1.62.